The van der Waals surface area contributed by atoms with Crippen LogP contribution in [0.5, 0.6) is 0 Å². The summed E-state index contributed by atoms with van der Waals surface area (Å²) in [6, 6.07) is 39.1. The van der Waals surface area contributed by atoms with E-state index in [1.807, 2.05) is 65.3 Å². The highest BCUT2D eigenvalue weighted by Gasteiger charge is 2.41. The highest BCUT2D eigenvalue weighted by Crippen LogP contribution is 2.44. The van der Waals surface area contributed by atoms with Crippen LogP contribution in [0.15, 0.2) is 127 Å². The maximum absolute atomic E-state index is 14.7. The molecule has 1 aromatic heterocycles. The summed E-state index contributed by atoms with van der Waals surface area (Å²) in [7, 11) is 0. The summed E-state index contributed by atoms with van der Waals surface area (Å²) in [4.78, 5) is 0. The lowest BCUT2D eigenvalue weighted by molar-refractivity contribution is 0.382. The number of benzene rings is 5. The van der Waals surface area contributed by atoms with E-state index < -0.39 is 17.2 Å². The normalized spacial score (nSPS) is 11.6. The molecule has 0 atom stereocenters. The van der Waals surface area contributed by atoms with Gasteiger partial charge in [-0.3, -0.25) is 10.7 Å². The third-order valence-electron chi connectivity index (χ3n) is 6.92. The second kappa shape index (κ2) is 9.57. The Kier molecular flexibility index (Phi) is 5.94. The fourth-order valence-electron chi connectivity index (χ4n) is 5.25. The lowest BCUT2D eigenvalue weighted by atomic mass is 9.77. The van der Waals surface area contributed by atoms with Crippen LogP contribution in [0.25, 0.3) is 22.0 Å². The summed E-state index contributed by atoms with van der Waals surface area (Å²) in [5.41, 5.74) is 5.75. The highest BCUT2D eigenvalue weighted by atomic mass is 19.1. The van der Waals surface area contributed by atoms with Gasteiger partial charge in [0.15, 0.2) is 5.82 Å². The van der Waals surface area contributed by atoms with Gasteiger partial charge in [0.2, 0.25) is 0 Å². The predicted octanol–water partition coefficient (Wildman–Crippen LogP) is 7.62. The first kappa shape index (κ1) is 23.6. The molecular formula is C32H23F2N3O. The van der Waals surface area contributed by atoms with Crippen LogP contribution in [-0.2, 0) is 5.54 Å². The first-order valence-corrected chi connectivity index (χ1v) is 12.2. The van der Waals surface area contributed by atoms with Crippen LogP contribution < -0.4 is 5.48 Å². The molecule has 6 aromatic rings. The summed E-state index contributed by atoms with van der Waals surface area (Å²) in [5.74, 6) is -1.09. The Hall–Kier alpha value is -4.81. The second-order valence-electron chi connectivity index (χ2n) is 9.04. The van der Waals surface area contributed by atoms with E-state index in [2.05, 4.69) is 41.9 Å². The van der Waals surface area contributed by atoms with Crippen LogP contribution >= 0.6 is 0 Å². The number of nitrogens with one attached hydrogen (secondary N) is 1. The van der Waals surface area contributed by atoms with E-state index in [1.165, 1.54) is 12.1 Å². The summed E-state index contributed by atoms with van der Waals surface area (Å²) >= 11 is 0. The molecule has 4 nitrogen and oxygen atoms in total. The Morgan fingerprint density at radius 2 is 1.21 bits per heavy atom. The average Bonchev–Trinajstić information content (AvgIpc) is 3.33. The first-order chi connectivity index (χ1) is 18.6. The lowest BCUT2D eigenvalue weighted by Gasteiger charge is -2.37. The van der Waals surface area contributed by atoms with Crippen LogP contribution in [0, 0.1) is 11.6 Å². The number of fused-ring (bicyclic) bond motifs is 1. The summed E-state index contributed by atoms with van der Waals surface area (Å²) in [6.45, 7) is 0. The molecular weight excluding hydrogens is 480 g/mol. The number of hydrogen-bond acceptors (Lipinski definition) is 3. The SMILES string of the molecule is ONc1nn(C(c2ccccc2)(c2ccccc2)c2ccccc2)c2ccc(-c3ccc(F)cc3F)cc12. The zero-order valence-corrected chi connectivity index (χ0v) is 20.2. The zero-order valence-electron chi connectivity index (χ0n) is 20.2. The molecule has 6 heteroatoms. The van der Waals surface area contributed by atoms with Crippen LogP contribution in [0.1, 0.15) is 16.7 Å². The summed E-state index contributed by atoms with van der Waals surface area (Å²) in [5, 5.41) is 15.6. The van der Waals surface area contributed by atoms with Crippen molar-refractivity contribution < 1.29 is 14.0 Å². The molecule has 0 spiro atoms. The second-order valence-corrected chi connectivity index (χ2v) is 9.04. The van der Waals surface area contributed by atoms with Gasteiger partial charge in [-0.25, -0.2) is 13.5 Å². The van der Waals surface area contributed by atoms with E-state index in [9.17, 15) is 14.0 Å². The van der Waals surface area contributed by atoms with Crippen molar-refractivity contribution >= 4 is 16.7 Å². The predicted molar refractivity (Wildman–Crippen MR) is 145 cm³/mol. The summed E-state index contributed by atoms with van der Waals surface area (Å²) < 4.78 is 30.1. The Morgan fingerprint density at radius 1 is 0.658 bits per heavy atom. The van der Waals surface area contributed by atoms with Gasteiger partial charge in [-0.15, -0.1) is 0 Å². The molecule has 0 saturated carbocycles. The van der Waals surface area contributed by atoms with Crippen molar-refractivity contribution in [3.05, 3.63) is 156 Å². The van der Waals surface area contributed by atoms with Gasteiger partial charge in [-0.05, 0) is 46.5 Å². The van der Waals surface area contributed by atoms with Crippen molar-refractivity contribution in [2.75, 3.05) is 5.48 Å². The van der Waals surface area contributed by atoms with Crippen LogP contribution in [0.3, 0.4) is 0 Å². The molecule has 0 radical (unpaired) electrons. The van der Waals surface area contributed by atoms with Crippen molar-refractivity contribution in [1.82, 2.24) is 9.78 Å². The molecule has 0 unspecified atom stereocenters. The monoisotopic (exact) mass is 503 g/mol. The minimum Gasteiger partial charge on any atom is -0.290 e. The number of rotatable bonds is 6. The number of anilines is 1. The Balaban J connectivity index is 1.70. The number of nitrogens with zero attached hydrogens (tertiary/aromatic N) is 2. The van der Waals surface area contributed by atoms with Crippen LogP contribution in [-0.4, -0.2) is 15.0 Å². The Bertz CT molecular complexity index is 1620. The van der Waals surface area contributed by atoms with E-state index >= 15 is 0 Å². The van der Waals surface area contributed by atoms with E-state index in [4.69, 9.17) is 5.10 Å². The molecule has 0 aliphatic rings. The molecule has 0 aliphatic heterocycles. The molecule has 0 saturated heterocycles. The van der Waals surface area contributed by atoms with Crippen molar-refractivity contribution in [3.8, 4) is 11.1 Å². The lowest BCUT2D eigenvalue weighted by Crippen LogP contribution is -2.38. The molecule has 2 N–H and O–H groups in total. The minimum atomic E-state index is -0.903. The fourth-order valence-corrected chi connectivity index (χ4v) is 5.25. The third-order valence-corrected chi connectivity index (χ3v) is 6.92. The van der Waals surface area contributed by atoms with Crippen molar-refractivity contribution in [2.45, 2.75) is 5.54 Å². The van der Waals surface area contributed by atoms with Gasteiger partial charge < -0.3 is 0 Å². The quantitative estimate of drug-likeness (QED) is 0.182. The Morgan fingerprint density at radius 3 is 1.71 bits per heavy atom. The van der Waals surface area contributed by atoms with E-state index in [1.54, 1.807) is 12.1 Å². The minimum absolute atomic E-state index is 0.219. The van der Waals surface area contributed by atoms with Gasteiger partial charge in [0.25, 0.3) is 0 Å². The average molecular weight is 504 g/mol. The Labute approximate surface area is 218 Å². The third kappa shape index (κ3) is 3.74. The smallest absolute Gasteiger partial charge is 0.179 e. The summed E-state index contributed by atoms with van der Waals surface area (Å²) in [6.07, 6.45) is 0. The zero-order chi connectivity index (χ0) is 26.1. The van der Waals surface area contributed by atoms with E-state index in [-0.39, 0.29) is 11.4 Å². The molecule has 1 heterocycles. The fraction of sp³-hybridized carbons (Fsp3) is 0.0312. The first-order valence-electron chi connectivity index (χ1n) is 12.2. The largest absolute Gasteiger partial charge is 0.290 e. The number of aromatic nitrogens is 2. The maximum atomic E-state index is 14.7. The topological polar surface area (TPSA) is 50.1 Å². The van der Waals surface area contributed by atoms with Crippen LogP contribution in [0.2, 0.25) is 0 Å². The van der Waals surface area contributed by atoms with Gasteiger partial charge in [0.05, 0.1) is 5.52 Å². The molecule has 186 valence electrons. The van der Waals surface area contributed by atoms with E-state index in [0.717, 1.165) is 22.8 Å². The molecule has 0 amide bonds. The number of halogens is 2. The van der Waals surface area contributed by atoms with E-state index in [0.29, 0.717) is 16.5 Å². The van der Waals surface area contributed by atoms with Crippen molar-refractivity contribution in [3.63, 3.8) is 0 Å². The standard InChI is InChI=1S/C32H23F2N3O/c33-26-17-18-27(29(34)21-26)22-16-19-30-28(20-22)31(36-38)35-37(30)32(23-10-4-1-5-11-23,24-12-6-2-7-13-24)25-14-8-3-9-15-25/h1-21,38H,(H,35,36). The molecule has 38 heavy (non-hydrogen) atoms. The van der Waals surface area contributed by atoms with Gasteiger partial charge in [-0.1, -0.05) is 97.1 Å². The van der Waals surface area contributed by atoms with Gasteiger partial charge >= 0.3 is 0 Å². The number of hydrogen-bond donors (Lipinski definition) is 2. The van der Waals surface area contributed by atoms with Crippen molar-refractivity contribution in [1.29, 1.82) is 0 Å². The van der Waals surface area contributed by atoms with Crippen LogP contribution in [0.4, 0.5) is 14.6 Å². The van der Waals surface area contributed by atoms with Gasteiger partial charge in [0.1, 0.15) is 17.2 Å². The molecule has 0 bridgehead atoms. The molecule has 5 aromatic carbocycles. The molecule has 0 aliphatic carbocycles. The molecule has 0 fully saturated rings. The highest BCUT2D eigenvalue weighted by molar-refractivity contribution is 5.94. The molecule has 6 rings (SSSR count). The van der Waals surface area contributed by atoms with Gasteiger partial charge in [0, 0.05) is 17.0 Å². The van der Waals surface area contributed by atoms with Gasteiger partial charge in [-0.2, -0.15) is 5.10 Å². The van der Waals surface area contributed by atoms with Crippen molar-refractivity contribution in [2.24, 2.45) is 0 Å². The maximum Gasteiger partial charge on any atom is 0.179 e.